The van der Waals surface area contributed by atoms with Crippen molar-refractivity contribution in [3.05, 3.63) is 65.2 Å². The van der Waals surface area contributed by atoms with Crippen LogP contribution < -0.4 is 10.6 Å². The summed E-state index contributed by atoms with van der Waals surface area (Å²) in [6.07, 6.45) is 0.506. The van der Waals surface area contributed by atoms with E-state index in [4.69, 9.17) is 0 Å². The van der Waals surface area contributed by atoms with Gasteiger partial charge in [0.1, 0.15) is 18.1 Å². The van der Waals surface area contributed by atoms with E-state index in [2.05, 4.69) is 37.5 Å². The fourth-order valence-corrected chi connectivity index (χ4v) is 6.07. The molecule has 43 heavy (non-hydrogen) atoms. The Balaban J connectivity index is 1.55. The number of nitriles is 1. The minimum absolute atomic E-state index is 0.0480. The predicted octanol–water partition coefficient (Wildman–Crippen LogP) is 4.38. The molecule has 9 heteroatoms. The molecule has 4 rings (SSSR count). The Morgan fingerprint density at radius 3 is 2.30 bits per heavy atom. The van der Waals surface area contributed by atoms with Gasteiger partial charge in [0.05, 0.1) is 11.5 Å². The molecule has 2 N–H and O–H groups in total. The van der Waals surface area contributed by atoms with E-state index in [-0.39, 0.29) is 41.5 Å². The Labute approximate surface area is 254 Å². The molecule has 228 valence electrons. The lowest BCUT2D eigenvalue weighted by molar-refractivity contribution is -0.146. The van der Waals surface area contributed by atoms with Gasteiger partial charge in [0.2, 0.25) is 17.7 Å². The number of nitrogens with zero attached hydrogens (tertiary/aromatic N) is 3. The van der Waals surface area contributed by atoms with Crippen LogP contribution in [0, 0.1) is 16.7 Å². The molecule has 0 bridgehead atoms. The van der Waals surface area contributed by atoms with Crippen LogP contribution in [0.4, 0.5) is 5.69 Å². The first-order valence-electron chi connectivity index (χ1n) is 14.8. The first kappa shape index (κ1) is 31.7. The number of rotatable bonds is 6. The van der Waals surface area contributed by atoms with Crippen LogP contribution in [0.15, 0.2) is 48.5 Å². The van der Waals surface area contributed by atoms with Gasteiger partial charge in [0, 0.05) is 31.3 Å². The maximum atomic E-state index is 14.2. The number of likely N-dealkylation sites (tertiary alicyclic amines) is 1. The number of fused-ring (bicyclic) bond motifs is 2. The Morgan fingerprint density at radius 1 is 1.09 bits per heavy atom. The van der Waals surface area contributed by atoms with Crippen molar-refractivity contribution < 1.29 is 19.2 Å². The maximum absolute atomic E-state index is 14.2. The van der Waals surface area contributed by atoms with Gasteiger partial charge in [-0.05, 0) is 53.5 Å². The zero-order valence-electron chi connectivity index (χ0n) is 26.4. The number of anilines is 1. The van der Waals surface area contributed by atoms with Crippen LogP contribution in [0.25, 0.3) is 0 Å². The molecule has 2 aromatic rings. The van der Waals surface area contributed by atoms with Gasteiger partial charge in [-0.15, -0.1) is 0 Å². The van der Waals surface area contributed by atoms with Crippen molar-refractivity contribution in [1.82, 2.24) is 15.1 Å². The minimum Gasteiger partial charge on any atom is -0.341 e. The van der Waals surface area contributed by atoms with Crippen molar-refractivity contribution in [3.8, 4) is 6.07 Å². The number of nitrogens with one attached hydrogen (secondary N) is 2. The van der Waals surface area contributed by atoms with E-state index >= 15 is 0 Å². The third kappa shape index (κ3) is 6.29. The Hall–Kier alpha value is -4.19. The number of hydrogen-bond acceptors (Lipinski definition) is 5. The Kier molecular flexibility index (Phi) is 8.47. The third-order valence-electron chi connectivity index (χ3n) is 8.55. The summed E-state index contributed by atoms with van der Waals surface area (Å²) in [6.45, 7) is 13.9. The topological polar surface area (TPSA) is 123 Å². The van der Waals surface area contributed by atoms with Crippen LogP contribution in [0.2, 0.25) is 0 Å². The van der Waals surface area contributed by atoms with Crippen LogP contribution in [-0.2, 0) is 25.2 Å². The average Bonchev–Trinajstić information content (AvgIpc) is 3.47. The van der Waals surface area contributed by atoms with E-state index in [0.717, 1.165) is 11.1 Å². The molecule has 9 nitrogen and oxygen atoms in total. The second kappa shape index (κ2) is 11.5. The highest BCUT2D eigenvalue weighted by Gasteiger charge is 2.57. The summed E-state index contributed by atoms with van der Waals surface area (Å²) in [5.41, 5.74) is 1.58. The largest absolute Gasteiger partial charge is 0.341 e. The Morgan fingerprint density at radius 2 is 1.72 bits per heavy atom. The highest BCUT2D eigenvalue weighted by Crippen LogP contribution is 2.46. The van der Waals surface area contributed by atoms with Gasteiger partial charge in [-0.3, -0.25) is 19.2 Å². The fraction of sp³-hybridized carbons (Fsp3) is 0.500. The molecule has 0 radical (unpaired) electrons. The second-order valence-corrected chi connectivity index (χ2v) is 14.1. The molecule has 0 unspecified atom stereocenters. The molecule has 4 amide bonds. The van der Waals surface area contributed by atoms with Crippen LogP contribution >= 0.6 is 0 Å². The Bertz CT molecular complexity index is 1460. The van der Waals surface area contributed by atoms with E-state index < -0.39 is 29.4 Å². The zero-order chi connectivity index (χ0) is 31.9. The smallest absolute Gasteiger partial charge is 0.251 e. The molecular weight excluding hydrogens is 542 g/mol. The van der Waals surface area contributed by atoms with E-state index in [1.807, 2.05) is 57.2 Å². The van der Waals surface area contributed by atoms with Crippen molar-refractivity contribution >= 4 is 29.3 Å². The van der Waals surface area contributed by atoms with Crippen LogP contribution in [0.5, 0.6) is 0 Å². The summed E-state index contributed by atoms with van der Waals surface area (Å²) in [5, 5.41) is 15.8. The fourth-order valence-electron chi connectivity index (χ4n) is 6.07. The molecule has 4 atom stereocenters. The van der Waals surface area contributed by atoms with E-state index in [1.165, 1.54) is 9.80 Å². The molecule has 2 aliphatic heterocycles. The number of likely N-dealkylation sites (N-methyl/N-ethyl adjacent to an activating group) is 1. The summed E-state index contributed by atoms with van der Waals surface area (Å²) in [7, 11) is 1.56. The van der Waals surface area contributed by atoms with Crippen molar-refractivity contribution in [2.75, 3.05) is 18.9 Å². The first-order chi connectivity index (χ1) is 20.0. The number of benzene rings is 2. The van der Waals surface area contributed by atoms with Crippen LogP contribution in [-0.4, -0.2) is 65.1 Å². The summed E-state index contributed by atoms with van der Waals surface area (Å²) in [5.74, 6) is -1.42. The van der Waals surface area contributed by atoms with Gasteiger partial charge >= 0.3 is 0 Å². The van der Waals surface area contributed by atoms with Gasteiger partial charge in [-0.25, -0.2) is 0 Å². The standard InChI is InChI=1S/C34H43N5O4/c1-21(36-28(40)22-13-15-23(16-14-22)33(5,6)7)29(41)38(8)27(18-32(2,3)4)30(42)39-20-34(17-24(39)19-35)25-11-9-10-12-26(25)37-31(34)43/h9-16,21,24,27H,17-18,20H2,1-8H3,(H,36,40)(H,37,43)/t21-,24-,27-,34-/m0/s1. The lowest BCUT2D eigenvalue weighted by Gasteiger charge is -2.36. The molecule has 0 aromatic heterocycles. The molecule has 0 aliphatic carbocycles. The first-order valence-corrected chi connectivity index (χ1v) is 14.8. The maximum Gasteiger partial charge on any atom is 0.251 e. The molecule has 0 saturated carbocycles. The van der Waals surface area contributed by atoms with Gasteiger partial charge in [-0.2, -0.15) is 5.26 Å². The van der Waals surface area contributed by atoms with Gasteiger partial charge in [0.15, 0.2) is 0 Å². The molecular formula is C34H43N5O4. The molecule has 2 aromatic carbocycles. The van der Waals surface area contributed by atoms with E-state index in [9.17, 15) is 24.4 Å². The number of para-hydroxylation sites is 1. The highest BCUT2D eigenvalue weighted by molar-refractivity contribution is 6.07. The quantitative estimate of drug-likeness (QED) is 0.521. The number of amides is 4. The SMILES string of the molecule is C[C@H](NC(=O)c1ccc(C(C)(C)C)cc1)C(=O)N(C)[C@@H](CC(C)(C)C)C(=O)N1C[C@]2(C[C@H]1C#N)C(=O)Nc1ccccc12. The number of carbonyl (C=O) groups excluding carboxylic acids is 4. The summed E-state index contributed by atoms with van der Waals surface area (Å²) >= 11 is 0. The van der Waals surface area contributed by atoms with Crippen LogP contribution in [0.3, 0.4) is 0 Å². The molecule has 2 aliphatic rings. The lowest BCUT2D eigenvalue weighted by atomic mass is 9.80. The monoisotopic (exact) mass is 585 g/mol. The molecule has 1 saturated heterocycles. The second-order valence-electron chi connectivity index (χ2n) is 14.1. The lowest BCUT2D eigenvalue weighted by Crippen LogP contribution is -2.56. The zero-order valence-corrected chi connectivity index (χ0v) is 26.4. The average molecular weight is 586 g/mol. The van der Waals surface area contributed by atoms with E-state index in [1.54, 1.807) is 26.1 Å². The molecule has 1 spiro atoms. The number of carbonyl (C=O) groups is 4. The van der Waals surface area contributed by atoms with Gasteiger partial charge in [-0.1, -0.05) is 71.9 Å². The van der Waals surface area contributed by atoms with Crippen molar-refractivity contribution in [2.24, 2.45) is 5.41 Å². The van der Waals surface area contributed by atoms with E-state index in [0.29, 0.717) is 17.7 Å². The van der Waals surface area contributed by atoms with Crippen molar-refractivity contribution in [1.29, 1.82) is 5.26 Å². The number of hydrogen-bond donors (Lipinski definition) is 2. The minimum atomic E-state index is -1.02. The van der Waals surface area contributed by atoms with Crippen molar-refractivity contribution in [3.63, 3.8) is 0 Å². The normalized spacial score (nSPS) is 21.0. The molecule has 1 fully saturated rings. The predicted molar refractivity (Wildman–Crippen MR) is 165 cm³/mol. The summed E-state index contributed by atoms with van der Waals surface area (Å²) in [4.78, 5) is 57.0. The van der Waals surface area contributed by atoms with Crippen molar-refractivity contribution in [2.45, 2.75) is 90.3 Å². The van der Waals surface area contributed by atoms with Gasteiger partial charge < -0.3 is 20.4 Å². The third-order valence-corrected chi connectivity index (χ3v) is 8.55. The van der Waals surface area contributed by atoms with Gasteiger partial charge in [0.25, 0.3) is 5.91 Å². The highest BCUT2D eigenvalue weighted by atomic mass is 16.2. The summed E-state index contributed by atoms with van der Waals surface area (Å²) in [6, 6.07) is 14.2. The molecule has 2 heterocycles. The van der Waals surface area contributed by atoms with Crippen LogP contribution in [0.1, 0.15) is 82.8 Å². The summed E-state index contributed by atoms with van der Waals surface area (Å²) < 4.78 is 0.